The Hall–Kier alpha value is -1.37. The molecule has 7 heteroatoms. The second kappa shape index (κ2) is 7.26. The van der Waals surface area contributed by atoms with E-state index in [0.717, 1.165) is 19.4 Å². The number of carbonyl (C=O) groups excluding carboxylic acids is 1. The summed E-state index contributed by atoms with van der Waals surface area (Å²) in [4.78, 5) is 22.1. The Kier molecular flexibility index (Phi) is 5.61. The molecule has 0 N–H and O–H groups in total. The summed E-state index contributed by atoms with van der Waals surface area (Å²) < 4.78 is 11.8. The van der Waals surface area contributed by atoms with Gasteiger partial charge in [0.15, 0.2) is 0 Å². The van der Waals surface area contributed by atoms with Gasteiger partial charge < -0.3 is 14.4 Å². The first kappa shape index (κ1) is 17.0. The van der Waals surface area contributed by atoms with E-state index in [4.69, 9.17) is 9.47 Å². The summed E-state index contributed by atoms with van der Waals surface area (Å²) in [6.45, 7) is 7.54. The van der Waals surface area contributed by atoms with Crippen LogP contribution in [0.5, 0.6) is 5.88 Å². The number of ether oxygens (including phenoxy) is 2. The molecule has 1 unspecified atom stereocenters. The fourth-order valence-corrected chi connectivity index (χ4v) is 2.48. The number of piperidine rings is 1. The van der Waals surface area contributed by atoms with E-state index in [0.29, 0.717) is 23.6 Å². The molecule has 1 aromatic rings. The van der Waals surface area contributed by atoms with Crippen molar-refractivity contribution in [2.24, 2.45) is 5.92 Å². The monoisotopic (exact) mass is 371 g/mol. The van der Waals surface area contributed by atoms with Gasteiger partial charge in [0.2, 0.25) is 5.88 Å². The van der Waals surface area contributed by atoms with Crippen molar-refractivity contribution in [3.05, 3.63) is 17.0 Å². The third-order valence-electron chi connectivity index (χ3n) is 3.23. The molecule has 0 bridgehead atoms. The second-order valence-corrected chi connectivity index (χ2v) is 7.24. The first-order valence-electron chi connectivity index (χ1n) is 7.42. The summed E-state index contributed by atoms with van der Waals surface area (Å²) in [5.74, 6) is 0.782. The molecular weight excluding hydrogens is 350 g/mol. The van der Waals surface area contributed by atoms with Crippen LogP contribution in [0.15, 0.2) is 17.0 Å². The van der Waals surface area contributed by atoms with Crippen molar-refractivity contribution in [2.75, 3.05) is 19.7 Å². The Morgan fingerprint density at radius 3 is 2.82 bits per heavy atom. The summed E-state index contributed by atoms with van der Waals surface area (Å²) in [6.07, 6.45) is 4.92. The van der Waals surface area contributed by atoms with E-state index in [-0.39, 0.29) is 12.0 Å². The lowest BCUT2D eigenvalue weighted by Gasteiger charge is -2.33. The highest BCUT2D eigenvalue weighted by molar-refractivity contribution is 9.10. The Labute approximate surface area is 139 Å². The summed E-state index contributed by atoms with van der Waals surface area (Å²) >= 11 is 3.23. The molecule has 1 aromatic heterocycles. The van der Waals surface area contributed by atoms with Crippen LogP contribution in [-0.4, -0.2) is 46.3 Å². The third kappa shape index (κ3) is 5.44. The van der Waals surface area contributed by atoms with Crippen LogP contribution < -0.4 is 4.74 Å². The number of rotatable bonds is 3. The van der Waals surface area contributed by atoms with Crippen molar-refractivity contribution >= 4 is 22.0 Å². The van der Waals surface area contributed by atoms with Gasteiger partial charge in [-0.1, -0.05) is 0 Å². The first-order chi connectivity index (χ1) is 10.3. The largest absolute Gasteiger partial charge is 0.476 e. The van der Waals surface area contributed by atoms with Crippen molar-refractivity contribution in [3.63, 3.8) is 0 Å². The van der Waals surface area contributed by atoms with Gasteiger partial charge in [-0.15, -0.1) is 0 Å². The zero-order valence-corrected chi connectivity index (χ0v) is 14.8. The van der Waals surface area contributed by atoms with Crippen LogP contribution in [0.1, 0.15) is 33.6 Å². The molecule has 0 radical (unpaired) electrons. The normalized spacial score (nSPS) is 18.9. The molecule has 1 fully saturated rings. The van der Waals surface area contributed by atoms with E-state index in [1.165, 1.54) is 0 Å². The predicted molar refractivity (Wildman–Crippen MR) is 85.8 cm³/mol. The Bertz CT molecular complexity index is 502. The summed E-state index contributed by atoms with van der Waals surface area (Å²) in [6, 6.07) is 0. The fraction of sp³-hybridized carbons (Fsp3) is 0.667. The summed E-state index contributed by atoms with van der Waals surface area (Å²) in [7, 11) is 0. The van der Waals surface area contributed by atoms with Crippen molar-refractivity contribution in [1.82, 2.24) is 14.9 Å². The molecule has 22 heavy (non-hydrogen) atoms. The van der Waals surface area contributed by atoms with E-state index < -0.39 is 5.60 Å². The number of halogens is 1. The topological polar surface area (TPSA) is 64.5 Å². The highest BCUT2D eigenvalue weighted by atomic mass is 79.9. The van der Waals surface area contributed by atoms with Gasteiger partial charge in [-0.05, 0) is 49.5 Å². The molecule has 2 heterocycles. The predicted octanol–water partition coefficient (Wildman–Crippen LogP) is 3.27. The lowest BCUT2D eigenvalue weighted by atomic mass is 9.99. The van der Waals surface area contributed by atoms with E-state index in [9.17, 15) is 4.79 Å². The molecule has 6 nitrogen and oxygen atoms in total. The molecule has 0 aliphatic carbocycles. The maximum absolute atomic E-state index is 12.1. The maximum Gasteiger partial charge on any atom is 0.410 e. The van der Waals surface area contributed by atoms with Crippen LogP contribution in [0.25, 0.3) is 0 Å². The van der Waals surface area contributed by atoms with Crippen LogP contribution >= 0.6 is 15.9 Å². The minimum absolute atomic E-state index is 0.249. The van der Waals surface area contributed by atoms with Crippen LogP contribution in [0, 0.1) is 5.92 Å². The quantitative estimate of drug-likeness (QED) is 0.815. The number of carbonyl (C=O) groups is 1. The van der Waals surface area contributed by atoms with Crippen LogP contribution in [0.3, 0.4) is 0 Å². The first-order valence-corrected chi connectivity index (χ1v) is 8.21. The van der Waals surface area contributed by atoms with Gasteiger partial charge in [0.1, 0.15) is 10.2 Å². The lowest BCUT2D eigenvalue weighted by Crippen LogP contribution is -2.44. The average molecular weight is 372 g/mol. The Morgan fingerprint density at radius 1 is 1.41 bits per heavy atom. The van der Waals surface area contributed by atoms with Crippen LogP contribution in [0.4, 0.5) is 4.79 Å². The SMILES string of the molecule is CC(C)(C)OC(=O)N1CCCC(COc2cnc(Br)cn2)C1. The summed E-state index contributed by atoms with van der Waals surface area (Å²) in [5.41, 5.74) is -0.465. The van der Waals surface area contributed by atoms with E-state index in [1.807, 2.05) is 20.8 Å². The molecule has 0 aromatic carbocycles. The van der Waals surface area contributed by atoms with E-state index in [1.54, 1.807) is 17.3 Å². The van der Waals surface area contributed by atoms with Gasteiger partial charge >= 0.3 is 6.09 Å². The van der Waals surface area contributed by atoms with E-state index in [2.05, 4.69) is 25.9 Å². The number of likely N-dealkylation sites (tertiary alicyclic amines) is 1. The molecule has 1 aliphatic heterocycles. The van der Waals surface area contributed by atoms with Gasteiger partial charge in [-0.3, -0.25) is 0 Å². The van der Waals surface area contributed by atoms with Gasteiger partial charge in [-0.2, -0.15) is 0 Å². The smallest absolute Gasteiger partial charge is 0.410 e. The Morgan fingerprint density at radius 2 is 2.18 bits per heavy atom. The molecule has 1 amide bonds. The minimum Gasteiger partial charge on any atom is -0.476 e. The fourth-order valence-electron chi connectivity index (χ4n) is 2.27. The maximum atomic E-state index is 12.1. The molecule has 2 rings (SSSR count). The molecular formula is C15H22BrN3O3. The van der Waals surface area contributed by atoms with Crippen molar-refractivity contribution in [2.45, 2.75) is 39.2 Å². The lowest BCUT2D eigenvalue weighted by molar-refractivity contribution is 0.0138. The van der Waals surface area contributed by atoms with Gasteiger partial charge in [-0.25, -0.2) is 14.8 Å². The molecule has 0 saturated carbocycles. The van der Waals surface area contributed by atoms with Crippen molar-refractivity contribution in [1.29, 1.82) is 0 Å². The van der Waals surface area contributed by atoms with Gasteiger partial charge in [0, 0.05) is 19.0 Å². The Balaban J connectivity index is 1.82. The molecule has 1 aliphatic rings. The highest BCUT2D eigenvalue weighted by Crippen LogP contribution is 2.20. The number of nitrogens with zero attached hydrogens (tertiary/aromatic N) is 3. The molecule has 1 atom stereocenters. The van der Waals surface area contributed by atoms with Gasteiger partial charge in [0.05, 0.1) is 19.0 Å². The van der Waals surface area contributed by atoms with Crippen LogP contribution in [-0.2, 0) is 4.74 Å². The van der Waals surface area contributed by atoms with Crippen LogP contribution in [0.2, 0.25) is 0 Å². The number of aromatic nitrogens is 2. The minimum atomic E-state index is -0.465. The average Bonchev–Trinajstić information content (AvgIpc) is 2.45. The molecule has 122 valence electrons. The molecule has 0 spiro atoms. The van der Waals surface area contributed by atoms with E-state index >= 15 is 0 Å². The summed E-state index contributed by atoms with van der Waals surface area (Å²) in [5, 5.41) is 0. The third-order valence-corrected chi connectivity index (χ3v) is 3.64. The molecule has 1 saturated heterocycles. The zero-order chi connectivity index (χ0) is 16.2. The highest BCUT2D eigenvalue weighted by Gasteiger charge is 2.27. The number of hydrogen-bond donors (Lipinski definition) is 0. The number of hydrogen-bond acceptors (Lipinski definition) is 5. The number of amides is 1. The second-order valence-electron chi connectivity index (χ2n) is 6.42. The van der Waals surface area contributed by atoms with Crippen molar-refractivity contribution < 1.29 is 14.3 Å². The standard InChI is InChI=1S/C15H22BrN3O3/c1-15(2,3)22-14(20)19-6-4-5-11(9-19)10-21-13-8-17-12(16)7-18-13/h7-8,11H,4-6,9-10H2,1-3H3. The zero-order valence-electron chi connectivity index (χ0n) is 13.2. The van der Waals surface area contributed by atoms with Crippen molar-refractivity contribution in [3.8, 4) is 5.88 Å². The van der Waals surface area contributed by atoms with Gasteiger partial charge in [0.25, 0.3) is 0 Å².